The summed E-state index contributed by atoms with van der Waals surface area (Å²) in [5.41, 5.74) is 0. The summed E-state index contributed by atoms with van der Waals surface area (Å²) in [6.45, 7) is 1.92. The zero-order valence-corrected chi connectivity index (χ0v) is 14.2. The van der Waals surface area contributed by atoms with Crippen molar-refractivity contribution in [1.29, 1.82) is 0 Å². The number of Topliss-reactive ketones (excluding diaryl/α,β-unsaturated/α-hetero) is 1. The topological polar surface area (TPSA) is 57.0 Å². The van der Waals surface area contributed by atoms with E-state index < -0.39 is 0 Å². The normalized spacial score (nSPS) is 10.7. The standard InChI is InChI=1S/C15H18ClN3O2S/c1-11(20)6-5-9-22-15-18-17-14(19(15)2)10-21-13-8-4-3-7-12(13)16/h3-4,7-8H,5-6,9-10H2,1-2H3. The van der Waals surface area contributed by atoms with Crippen LogP contribution in [0.25, 0.3) is 0 Å². The summed E-state index contributed by atoms with van der Waals surface area (Å²) in [6.07, 6.45) is 1.45. The minimum absolute atomic E-state index is 0.215. The minimum atomic E-state index is 0.215. The molecule has 2 aromatic rings. The summed E-state index contributed by atoms with van der Waals surface area (Å²) in [6, 6.07) is 7.32. The van der Waals surface area contributed by atoms with E-state index in [9.17, 15) is 4.79 Å². The molecule has 0 atom stereocenters. The van der Waals surface area contributed by atoms with Crippen LogP contribution in [0.1, 0.15) is 25.6 Å². The fourth-order valence-electron chi connectivity index (χ4n) is 1.79. The predicted molar refractivity (Wildman–Crippen MR) is 87.4 cm³/mol. The van der Waals surface area contributed by atoms with E-state index in [4.69, 9.17) is 16.3 Å². The first kappa shape index (κ1) is 16.8. The van der Waals surface area contributed by atoms with Gasteiger partial charge in [0.2, 0.25) is 0 Å². The lowest BCUT2D eigenvalue weighted by molar-refractivity contribution is -0.117. The maximum absolute atomic E-state index is 10.9. The molecule has 2 rings (SSSR count). The number of rotatable bonds is 8. The molecular weight excluding hydrogens is 322 g/mol. The van der Waals surface area contributed by atoms with Crippen molar-refractivity contribution in [2.45, 2.75) is 31.5 Å². The van der Waals surface area contributed by atoms with Gasteiger partial charge >= 0.3 is 0 Å². The Kier molecular flexibility index (Phi) is 6.27. The average Bonchev–Trinajstić information content (AvgIpc) is 2.83. The summed E-state index contributed by atoms with van der Waals surface area (Å²) in [7, 11) is 1.90. The van der Waals surface area contributed by atoms with Gasteiger partial charge in [0.15, 0.2) is 11.0 Å². The van der Waals surface area contributed by atoms with E-state index >= 15 is 0 Å². The predicted octanol–water partition coefficient (Wildman–Crippen LogP) is 3.51. The maximum atomic E-state index is 10.9. The van der Waals surface area contributed by atoms with Crippen LogP contribution < -0.4 is 4.74 Å². The molecule has 0 aliphatic rings. The van der Waals surface area contributed by atoms with Crippen molar-refractivity contribution in [3.8, 4) is 5.75 Å². The van der Waals surface area contributed by atoms with Crippen LogP contribution in [0, 0.1) is 0 Å². The van der Waals surface area contributed by atoms with Gasteiger partial charge in [-0.15, -0.1) is 10.2 Å². The largest absolute Gasteiger partial charge is 0.484 e. The van der Waals surface area contributed by atoms with Gasteiger partial charge in [0.1, 0.15) is 18.1 Å². The van der Waals surface area contributed by atoms with Gasteiger partial charge in [-0.3, -0.25) is 0 Å². The number of para-hydroxylation sites is 1. The number of thioether (sulfide) groups is 1. The number of ether oxygens (including phenoxy) is 1. The number of benzene rings is 1. The quantitative estimate of drug-likeness (QED) is 0.544. The van der Waals surface area contributed by atoms with Crippen molar-refractivity contribution < 1.29 is 9.53 Å². The van der Waals surface area contributed by atoms with Crippen molar-refractivity contribution in [2.24, 2.45) is 7.05 Å². The molecule has 0 amide bonds. The summed E-state index contributed by atoms with van der Waals surface area (Å²) < 4.78 is 7.56. The van der Waals surface area contributed by atoms with Crippen molar-refractivity contribution >= 4 is 29.1 Å². The highest BCUT2D eigenvalue weighted by Gasteiger charge is 2.10. The molecule has 1 heterocycles. The highest BCUT2D eigenvalue weighted by Crippen LogP contribution is 2.24. The third-order valence-electron chi connectivity index (χ3n) is 3.02. The van der Waals surface area contributed by atoms with Gasteiger partial charge < -0.3 is 14.1 Å². The van der Waals surface area contributed by atoms with Crippen LogP contribution in [0.2, 0.25) is 5.02 Å². The van der Waals surface area contributed by atoms with Crippen molar-refractivity contribution in [1.82, 2.24) is 14.8 Å². The number of nitrogens with zero attached hydrogens (tertiary/aromatic N) is 3. The molecule has 0 saturated carbocycles. The van der Waals surface area contributed by atoms with Gasteiger partial charge in [0, 0.05) is 19.2 Å². The zero-order chi connectivity index (χ0) is 15.9. The van der Waals surface area contributed by atoms with Crippen molar-refractivity contribution in [3.63, 3.8) is 0 Å². The third kappa shape index (κ3) is 4.74. The van der Waals surface area contributed by atoms with Crippen LogP contribution in [-0.4, -0.2) is 26.3 Å². The Morgan fingerprint density at radius 2 is 2.14 bits per heavy atom. The van der Waals surface area contributed by atoms with Crippen LogP contribution >= 0.6 is 23.4 Å². The first-order chi connectivity index (χ1) is 10.6. The van der Waals surface area contributed by atoms with Gasteiger partial charge in [-0.1, -0.05) is 35.5 Å². The van der Waals surface area contributed by atoms with E-state index in [0.717, 1.165) is 23.2 Å². The van der Waals surface area contributed by atoms with Crippen LogP contribution in [0.3, 0.4) is 0 Å². The molecule has 22 heavy (non-hydrogen) atoms. The lowest BCUT2D eigenvalue weighted by atomic mass is 10.3. The Balaban J connectivity index is 1.88. The summed E-state index contributed by atoms with van der Waals surface area (Å²) in [5.74, 6) is 2.42. The zero-order valence-electron chi connectivity index (χ0n) is 12.6. The van der Waals surface area contributed by atoms with E-state index in [2.05, 4.69) is 10.2 Å². The Bertz CT molecular complexity index is 645. The summed E-state index contributed by atoms with van der Waals surface area (Å²) in [4.78, 5) is 10.9. The SMILES string of the molecule is CC(=O)CCCSc1nnc(COc2ccccc2Cl)n1C. The number of carbonyl (C=O) groups excluding carboxylic acids is 1. The molecule has 5 nitrogen and oxygen atoms in total. The van der Waals surface area contributed by atoms with Crippen molar-refractivity contribution in [2.75, 3.05) is 5.75 Å². The number of hydrogen-bond donors (Lipinski definition) is 0. The van der Waals surface area contributed by atoms with Crippen LogP contribution in [0.4, 0.5) is 0 Å². The molecule has 0 bridgehead atoms. The Morgan fingerprint density at radius 1 is 1.36 bits per heavy atom. The second-order valence-electron chi connectivity index (χ2n) is 4.83. The van der Waals surface area contributed by atoms with Gasteiger partial charge in [0.25, 0.3) is 0 Å². The summed E-state index contributed by atoms with van der Waals surface area (Å²) >= 11 is 7.64. The fraction of sp³-hybridized carbons (Fsp3) is 0.400. The molecular formula is C15H18ClN3O2S. The molecule has 0 aliphatic heterocycles. The van der Waals surface area contributed by atoms with Crippen LogP contribution in [0.15, 0.2) is 29.4 Å². The van der Waals surface area contributed by atoms with Gasteiger partial charge in [-0.25, -0.2) is 0 Å². The molecule has 7 heteroatoms. The molecule has 1 aromatic carbocycles. The fourth-order valence-corrected chi connectivity index (χ4v) is 2.84. The van der Waals surface area contributed by atoms with E-state index in [1.807, 2.05) is 29.8 Å². The number of ketones is 1. The van der Waals surface area contributed by atoms with E-state index in [-0.39, 0.29) is 5.78 Å². The van der Waals surface area contributed by atoms with Gasteiger partial charge in [0.05, 0.1) is 5.02 Å². The van der Waals surface area contributed by atoms with E-state index in [1.54, 1.807) is 24.8 Å². The molecule has 0 N–H and O–H groups in total. The van der Waals surface area contributed by atoms with E-state index in [1.165, 1.54) is 0 Å². The third-order valence-corrected chi connectivity index (χ3v) is 4.44. The van der Waals surface area contributed by atoms with Crippen LogP contribution in [0.5, 0.6) is 5.75 Å². The molecule has 0 spiro atoms. The molecule has 0 aliphatic carbocycles. The monoisotopic (exact) mass is 339 g/mol. The molecule has 0 radical (unpaired) electrons. The molecule has 118 valence electrons. The average molecular weight is 340 g/mol. The molecule has 0 unspecified atom stereocenters. The number of aromatic nitrogens is 3. The highest BCUT2D eigenvalue weighted by molar-refractivity contribution is 7.99. The Morgan fingerprint density at radius 3 is 2.86 bits per heavy atom. The van der Waals surface area contributed by atoms with Gasteiger partial charge in [-0.05, 0) is 25.5 Å². The Labute approximate surface area is 139 Å². The van der Waals surface area contributed by atoms with E-state index in [0.29, 0.717) is 23.8 Å². The molecule has 0 saturated heterocycles. The number of hydrogen-bond acceptors (Lipinski definition) is 5. The molecule has 0 fully saturated rings. The second kappa shape index (κ2) is 8.19. The minimum Gasteiger partial charge on any atom is -0.484 e. The Hall–Kier alpha value is -1.53. The highest BCUT2D eigenvalue weighted by atomic mass is 35.5. The summed E-state index contributed by atoms with van der Waals surface area (Å²) in [5, 5.41) is 9.67. The lowest BCUT2D eigenvalue weighted by Crippen LogP contribution is -2.04. The maximum Gasteiger partial charge on any atom is 0.191 e. The second-order valence-corrected chi connectivity index (χ2v) is 6.30. The molecule has 1 aromatic heterocycles. The first-order valence-corrected chi connectivity index (χ1v) is 8.32. The first-order valence-electron chi connectivity index (χ1n) is 6.95. The number of carbonyl (C=O) groups is 1. The smallest absolute Gasteiger partial charge is 0.191 e. The van der Waals surface area contributed by atoms with Crippen molar-refractivity contribution in [3.05, 3.63) is 35.1 Å². The lowest BCUT2D eigenvalue weighted by Gasteiger charge is -2.07. The van der Waals surface area contributed by atoms with Gasteiger partial charge in [-0.2, -0.15) is 0 Å². The number of halogens is 1. The van der Waals surface area contributed by atoms with Crippen LogP contribution in [-0.2, 0) is 18.4 Å².